The molecule has 6 heteroatoms. The number of rotatable bonds is 5. The van der Waals surface area contributed by atoms with Crippen LogP contribution in [0.5, 0.6) is 0 Å². The molecule has 0 aliphatic carbocycles. The Balaban J connectivity index is 2.17. The van der Waals surface area contributed by atoms with Crippen LogP contribution in [0.2, 0.25) is 0 Å². The Morgan fingerprint density at radius 2 is 1.95 bits per heavy atom. The Bertz CT molecular complexity index is 699. The van der Waals surface area contributed by atoms with E-state index in [1.54, 1.807) is 43.5 Å². The highest BCUT2D eigenvalue weighted by Crippen LogP contribution is 2.14. The smallest absolute Gasteiger partial charge is 0.238 e. The minimum Gasteiger partial charge on any atom is -0.326 e. The fourth-order valence-electron chi connectivity index (χ4n) is 1.84. The van der Waals surface area contributed by atoms with Crippen LogP contribution in [0.25, 0.3) is 0 Å². The van der Waals surface area contributed by atoms with Gasteiger partial charge in [0.2, 0.25) is 10.0 Å². The van der Waals surface area contributed by atoms with Crippen LogP contribution in [0.3, 0.4) is 0 Å². The van der Waals surface area contributed by atoms with E-state index in [1.807, 2.05) is 6.07 Å². The Morgan fingerprint density at radius 3 is 2.65 bits per heavy atom. The van der Waals surface area contributed by atoms with E-state index in [4.69, 9.17) is 5.73 Å². The van der Waals surface area contributed by atoms with Crippen LogP contribution in [0.1, 0.15) is 16.7 Å². The molecule has 0 saturated heterocycles. The Kier molecular flexibility index (Phi) is 4.36. The van der Waals surface area contributed by atoms with Gasteiger partial charge in [-0.2, -0.15) is 0 Å². The minimum absolute atomic E-state index is 0.100. The van der Waals surface area contributed by atoms with Gasteiger partial charge in [0, 0.05) is 12.7 Å². The number of hydrogen-bond acceptors (Lipinski definition) is 4. The van der Waals surface area contributed by atoms with E-state index in [0.29, 0.717) is 17.9 Å². The van der Waals surface area contributed by atoms with E-state index in [1.165, 1.54) is 0 Å². The summed E-state index contributed by atoms with van der Waals surface area (Å²) in [5, 5.41) is 0. The van der Waals surface area contributed by atoms with Gasteiger partial charge in [-0.3, -0.25) is 4.72 Å². The van der Waals surface area contributed by atoms with Crippen molar-refractivity contribution in [2.75, 3.05) is 4.72 Å². The van der Waals surface area contributed by atoms with Gasteiger partial charge >= 0.3 is 0 Å². The van der Waals surface area contributed by atoms with Gasteiger partial charge in [-0.1, -0.05) is 30.3 Å². The van der Waals surface area contributed by atoms with Crippen LogP contribution < -0.4 is 10.5 Å². The van der Waals surface area contributed by atoms with Crippen molar-refractivity contribution in [3.05, 3.63) is 59.3 Å². The number of sulfonamides is 1. The first kappa shape index (κ1) is 14.5. The molecule has 0 atom stereocenters. The average Bonchev–Trinajstić information content (AvgIpc) is 2.41. The molecule has 0 amide bonds. The van der Waals surface area contributed by atoms with Crippen LogP contribution >= 0.6 is 0 Å². The van der Waals surface area contributed by atoms with Crippen LogP contribution in [0, 0.1) is 6.92 Å². The molecule has 0 fully saturated rings. The molecule has 0 spiro atoms. The Morgan fingerprint density at radius 1 is 1.20 bits per heavy atom. The van der Waals surface area contributed by atoms with Crippen LogP contribution in [-0.4, -0.2) is 13.4 Å². The zero-order valence-corrected chi connectivity index (χ0v) is 12.0. The van der Waals surface area contributed by atoms with Crippen molar-refractivity contribution in [2.45, 2.75) is 19.2 Å². The molecule has 1 aromatic carbocycles. The minimum atomic E-state index is -3.49. The second-order valence-electron chi connectivity index (χ2n) is 4.55. The summed E-state index contributed by atoms with van der Waals surface area (Å²) in [5.41, 5.74) is 7.95. The molecule has 0 saturated carbocycles. The van der Waals surface area contributed by atoms with Gasteiger partial charge in [-0.05, 0) is 29.7 Å². The van der Waals surface area contributed by atoms with Gasteiger partial charge in [-0.25, -0.2) is 13.4 Å². The molecule has 1 heterocycles. The Hall–Kier alpha value is -1.92. The van der Waals surface area contributed by atoms with Crippen molar-refractivity contribution in [1.29, 1.82) is 0 Å². The summed E-state index contributed by atoms with van der Waals surface area (Å²) in [6.45, 7) is 2.20. The predicted octanol–water partition coefficient (Wildman–Crippen LogP) is 1.79. The first-order valence-corrected chi connectivity index (χ1v) is 7.85. The average molecular weight is 291 g/mol. The number of nitrogens with zero attached hydrogens (tertiary/aromatic N) is 1. The first-order valence-electron chi connectivity index (χ1n) is 6.20. The van der Waals surface area contributed by atoms with Gasteiger partial charge in [0.05, 0.1) is 5.75 Å². The van der Waals surface area contributed by atoms with E-state index < -0.39 is 10.0 Å². The molecule has 5 nitrogen and oxygen atoms in total. The molecule has 1 aromatic heterocycles. The van der Waals surface area contributed by atoms with Crippen molar-refractivity contribution < 1.29 is 8.42 Å². The largest absolute Gasteiger partial charge is 0.326 e. The molecule has 0 aliphatic rings. The van der Waals surface area contributed by atoms with Gasteiger partial charge < -0.3 is 5.73 Å². The monoisotopic (exact) mass is 291 g/mol. The third-order valence-corrected chi connectivity index (χ3v) is 4.06. The molecule has 3 N–H and O–H groups in total. The second kappa shape index (κ2) is 6.02. The molecular formula is C14H17N3O2S. The molecule has 2 rings (SSSR count). The zero-order chi connectivity index (χ0) is 14.6. The molecule has 2 aromatic rings. The van der Waals surface area contributed by atoms with Crippen LogP contribution in [-0.2, 0) is 22.3 Å². The first-order chi connectivity index (χ1) is 9.50. The third-order valence-electron chi connectivity index (χ3n) is 2.85. The van der Waals surface area contributed by atoms with E-state index in [2.05, 4.69) is 9.71 Å². The molecule has 106 valence electrons. The summed E-state index contributed by atoms with van der Waals surface area (Å²) in [6, 6.07) is 10.8. The molecule has 0 aliphatic heterocycles. The van der Waals surface area contributed by atoms with Crippen LogP contribution in [0.15, 0.2) is 42.6 Å². The maximum Gasteiger partial charge on any atom is 0.238 e. The lowest BCUT2D eigenvalue weighted by molar-refractivity contribution is 0.600. The third kappa shape index (κ3) is 3.79. The van der Waals surface area contributed by atoms with Crippen molar-refractivity contribution in [2.24, 2.45) is 5.73 Å². The van der Waals surface area contributed by atoms with Crippen molar-refractivity contribution in [1.82, 2.24) is 4.98 Å². The number of nitrogens with one attached hydrogen (secondary N) is 1. The molecule has 0 bridgehead atoms. The fourth-order valence-corrected chi connectivity index (χ4v) is 3.04. The van der Waals surface area contributed by atoms with Crippen molar-refractivity contribution >= 4 is 15.8 Å². The van der Waals surface area contributed by atoms with Gasteiger partial charge in [-0.15, -0.1) is 0 Å². The van der Waals surface area contributed by atoms with Gasteiger partial charge in [0.25, 0.3) is 0 Å². The quantitative estimate of drug-likeness (QED) is 0.879. The summed E-state index contributed by atoms with van der Waals surface area (Å²) < 4.78 is 26.8. The van der Waals surface area contributed by atoms with E-state index >= 15 is 0 Å². The maximum atomic E-state index is 12.1. The van der Waals surface area contributed by atoms with E-state index in [-0.39, 0.29) is 5.75 Å². The summed E-state index contributed by atoms with van der Waals surface area (Å²) in [7, 11) is -3.49. The second-order valence-corrected chi connectivity index (χ2v) is 6.28. The highest BCUT2D eigenvalue weighted by Gasteiger charge is 2.13. The summed E-state index contributed by atoms with van der Waals surface area (Å²) in [6.07, 6.45) is 1.56. The normalized spacial score (nSPS) is 11.3. The lowest BCUT2D eigenvalue weighted by atomic mass is 10.1. The number of aryl methyl sites for hydroxylation is 1. The van der Waals surface area contributed by atoms with Gasteiger partial charge in [0.1, 0.15) is 5.82 Å². The van der Waals surface area contributed by atoms with Crippen molar-refractivity contribution in [3.63, 3.8) is 0 Å². The SMILES string of the molecule is Cc1cccnc1NS(=O)(=O)Cc1cccc(CN)c1. The highest BCUT2D eigenvalue weighted by molar-refractivity contribution is 7.91. The number of hydrogen-bond donors (Lipinski definition) is 2. The zero-order valence-electron chi connectivity index (χ0n) is 11.2. The lowest BCUT2D eigenvalue weighted by Gasteiger charge is -2.09. The highest BCUT2D eigenvalue weighted by atomic mass is 32.2. The summed E-state index contributed by atoms with van der Waals surface area (Å²) in [5.74, 6) is 0.263. The standard InChI is InChI=1S/C14H17N3O2S/c1-11-4-3-7-16-14(11)17-20(18,19)10-13-6-2-5-12(8-13)9-15/h2-8H,9-10,15H2,1H3,(H,16,17). The number of anilines is 1. The molecular weight excluding hydrogens is 274 g/mol. The van der Waals surface area contributed by atoms with Crippen molar-refractivity contribution in [3.8, 4) is 0 Å². The number of benzene rings is 1. The number of pyridine rings is 1. The number of nitrogens with two attached hydrogens (primary N) is 1. The fraction of sp³-hybridized carbons (Fsp3) is 0.214. The Labute approximate surface area is 118 Å². The lowest BCUT2D eigenvalue weighted by Crippen LogP contribution is -2.16. The summed E-state index contributed by atoms with van der Waals surface area (Å²) >= 11 is 0. The maximum absolute atomic E-state index is 12.1. The number of aromatic nitrogens is 1. The van der Waals surface area contributed by atoms with Crippen LogP contribution in [0.4, 0.5) is 5.82 Å². The summed E-state index contributed by atoms with van der Waals surface area (Å²) in [4.78, 5) is 4.03. The van der Waals surface area contributed by atoms with Gasteiger partial charge in [0.15, 0.2) is 0 Å². The topological polar surface area (TPSA) is 85.1 Å². The predicted molar refractivity (Wildman–Crippen MR) is 79.6 cm³/mol. The van der Waals surface area contributed by atoms with E-state index in [0.717, 1.165) is 11.1 Å². The van der Waals surface area contributed by atoms with E-state index in [9.17, 15) is 8.42 Å². The molecule has 20 heavy (non-hydrogen) atoms. The molecule has 0 unspecified atom stereocenters. The molecule has 0 radical (unpaired) electrons.